The molecule has 4 heteroatoms. The van der Waals surface area contributed by atoms with Crippen molar-refractivity contribution in [3.05, 3.63) is 12.3 Å². The number of hydrazine groups is 2. The summed E-state index contributed by atoms with van der Waals surface area (Å²) in [5, 5.41) is 8.26. The van der Waals surface area contributed by atoms with Crippen molar-refractivity contribution in [3.8, 4) is 6.07 Å². The number of nitrogens with zero attached hydrogens (tertiary/aromatic N) is 1. The summed E-state index contributed by atoms with van der Waals surface area (Å²) >= 11 is 0. The van der Waals surface area contributed by atoms with E-state index in [1.165, 1.54) is 0 Å². The van der Waals surface area contributed by atoms with E-state index < -0.39 is 0 Å². The molecule has 0 saturated carbocycles. The number of nitrogens with one attached hydrogen (secondary N) is 3. The Morgan fingerprint density at radius 1 is 1.62 bits per heavy atom. The molecule has 0 bridgehead atoms. The first-order valence-corrected chi connectivity index (χ1v) is 2.26. The molecule has 1 unspecified atom stereocenters. The number of nitriles is 1. The molecular formula is C4H6N4. The monoisotopic (exact) mass is 110 g/mol. The molecule has 8 heavy (non-hydrogen) atoms. The largest absolute Gasteiger partial charge is 0.316 e. The zero-order valence-corrected chi connectivity index (χ0v) is 4.18. The molecule has 42 valence electrons. The summed E-state index contributed by atoms with van der Waals surface area (Å²) in [5.41, 5.74) is 7.89. The molecule has 1 heterocycles. The Balaban J connectivity index is 2.46. The van der Waals surface area contributed by atoms with Crippen molar-refractivity contribution in [2.24, 2.45) is 0 Å². The summed E-state index contributed by atoms with van der Waals surface area (Å²) in [6, 6.07) is 1.79. The molecule has 1 aliphatic rings. The minimum absolute atomic E-state index is 0.212. The van der Waals surface area contributed by atoms with Crippen LogP contribution in [-0.2, 0) is 0 Å². The van der Waals surface area contributed by atoms with Crippen molar-refractivity contribution in [2.45, 2.75) is 6.04 Å². The molecule has 0 saturated heterocycles. The molecule has 1 atom stereocenters. The third kappa shape index (κ3) is 0.964. The number of hydrogen-bond donors (Lipinski definition) is 3. The molecule has 0 fully saturated rings. The van der Waals surface area contributed by atoms with Crippen LogP contribution >= 0.6 is 0 Å². The third-order valence-electron chi connectivity index (χ3n) is 0.811. The smallest absolute Gasteiger partial charge is 0.129 e. The Morgan fingerprint density at radius 2 is 2.50 bits per heavy atom. The Hall–Kier alpha value is -1.05. The maximum absolute atomic E-state index is 8.26. The second-order valence-corrected chi connectivity index (χ2v) is 1.38. The van der Waals surface area contributed by atoms with Crippen LogP contribution in [-0.4, -0.2) is 6.04 Å². The summed E-state index contributed by atoms with van der Waals surface area (Å²) in [6.45, 7) is 0. The highest BCUT2D eigenvalue weighted by atomic mass is 15.6. The average molecular weight is 110 g/mol. The summed E-state index contributed by atoms with van der Waals surface area (Å²) in [5.74, 6) is 0. The van der Waals surface area contributed by atoms with Gasteiger partial charge in [0.15, 0.2) is 0 Å². The van der Waals surface area contributed by atoms with Crippen molar-refractivity contribution in [3.63, 3.8) is 0 Å². The Kier molecular flexibility index (Phi) is 1.47. The predicted molar refractivity (Wildman–Crippen MR) is 27.9 cm³/mol. The molecule has 0 aliphatic carbocycles. The van der Waals surface area contributed by atoms with Gasteiger partial charge in [-0.2, -0.15) is 10.8 Å². The van der Waals surface area contributed by atoms with Gasteiger partial charge in [-0.05, 0) is 6.08 Å². The van der Waals surface area contributed by atoms with Crippen LogP contribution in [0.5, 0.6) is 0 Å². The second kappa shape index (κ2) is 2.31. The molecule has 0 radical (unpaired) electrons. The molecular weight excluding hydrogens is 104 g/mol. The van der Waals surface area contributed by atoms with Crippen molar-refractivity contribution >= 4 is 0 Å². The van der Waals surface area contributed by atoms with E-state index in [1.807, 2.05) is 6.07 Å². The van der Waals surface area contributed by atoms with E-state index >= 15 is 0 Å². The zero-order chi connectivity index (χ0) is 5.82. The molecule has 4 nitrogen and oxygen atoms in total. The molecule has 0 amide bonds. The lowest BCUT2D eigenvalue weighted by Gasteiger charge is -2.12. The van der Waals surface area contributed by atoms with E-state index in [2.05, 4.69) is 16.4 Å². The number of hydrogen-bond acceptors (Lipinski definition) is 4. The van der Waals surface area contributed by atoms with E-state index in [0.29, 0.717) is 0 Å². The van der Waals surface area contributed by atoms with Gasteiger partial charge in [0.25, 0.3) is 0 Å². The van der Waals surface area contributed by atoms with Crippen LogP contribution in [0.25, 0.3) is 0 Å². The van der Waals surface area contributed by atoms with Crippen LogP contribution in [0.2, 0.25) is 0 Å². The van der Waals surface area contributed by atoms with Gasteiger partial charge in [-0.1, -0.05) is 0 Å². The molecule has 0 aromatic rings. The summed E-state index contributed by atoms with van der Waals surface area (Å²) in [6.07, 6.45) is 3.39. The predicted octanol–water partition coefficient (Wildman–Crippen LogP) is -0.995. The van der Waals surface area contributed by atoms with Crippen LogP contribution in [0.4, 0.5) is 0 Å². The highest BCUT2D eigenvalue weighted by Gasteiger charge is 2.01. The van der Waals surface area contributed by atoms with E-state index in [-0.39, 0.29) is 6.04 Å². The van der Waals surface area contributed by atoms with Crippen LogP contribution in [0.1, 0.15) is 0 Å². The van der Waals surface area contributed by atoms with Crippen molar-refractivity contribution < 1.29 is 0 Å². The minimum Gasteiger partial charge on any atom is -0.316 e. The standard InChI is InChI=1S/C4H6N4/c5-3-4-1-2-6-8-7-4/h1-2,4,6-8H. The normalized spacial score (nSPS) is 26.1. The second-order valence-electron chi connectivity index (χ2n) is 1.38. The molecule has 1 aliphatic heterocycles. The maximum atomic E-state index is 8.26. The van der Waals surface area contributed by atoms with Crippen LogP contribution in [0, 0.1) is 11.3 Å². The van der Waals surface area contributed by atoms with Gasteiger partial charge in [-0.3, -0.25) is 0 Å². The third-order valence-corrected chi connectivity index (χ3v) is 0.811. The topological polar surface area (TPSA) is 59.9 Å². The van der Waals surface area contributed by atoms with E-state index in [9.17, 15) is 0 Å². The maximum Gasteiger partial charge on any atom is 0.129 e. The average Bonchev–Trinajstić information content (AvgIpc) is 1.90. The van der Waals surface area contributed by atoms with Crippen LogP contribution in [0.3, 0.4) is 0 Å². The highest BCUT2D eigenvalue weighted by Crippen LogP contribution is 1.82. The first kappa shape index (κ1) is 5.09. The molecule has 0 spiro atoms. The van der Waals surface area contributed by atoms with Gasteiger partial charge < -0.3 is 5.43 Å². The van der Waals surface area contributed by atoms with Crippen LogP contribution < -0.4 is 16.4 Å². The fraction of sp³-hybridized carbons (Fsp3) is 0.250. The SMILES string of the molecule is N#CC1C=CNNN1. The molecule has 3 N–H and O–H groups in total. The lowest BCUT2D eigenvalue weighted by Crippen LogP contribution is -2.48. The van der Waals surface area contributed by atoms with Crippen LogP contribution in [0.15, 0.2) is 12.3 Å². The fourth-order valence-corrected chi connectivity index (χ4v) is 0.429. The molecule has 0 aromatic carbocycles. The minimum atomic E-state index is -0.212. The summed E-state index contributed by atoms with van der Waals surface area (Å²) < 4.78 is 0. The van der Waals surface area contributed by atoms with Gasteiger partial charge in [0.2, 0.25) is 0 Å². The van der Waals surface area contributed by atoms with E-state index in [0.717, 1.165) is 0 Å². The molecule has 1 rings (SSSR count). The molecule has 0 aromatic heterocycles. The fourth-order valence-electron chi connectivity index (χ4n) is 0.429. The van der Waals surface area contributed by atoms with Gasteiger partial charge in [-0.25, -0.2) is 5.43 Å². The Bertz CT molecular complexity index is 133. The van der Waals surface area contributed by atoms with Gasteiger partial charge in [0.1, 0.15) is 6.04 Å². The lowest BCUT2D eigenvalue weighted by molar-refractivity contribution is 0.459. The zero-order valence-electron chi connectivity index (χ0n) is 4.18. The van der Waals surface area contributed by atoms with Gasteiger partial charge >= 0.3 is 0 Å². The quantitative estimate of drug-likeness (QED) is 0.374. The Labute approximate surface area is 47.1 Å². The van der Waals surface area contributed by atoms with Gasteiger partial charge in [0, 0.05) is 6.20 Å². The lowest BCUT2D eigenvalue weighted by atomic mass is 10.3. The first-order valence-electron chi connectivity index (χ1n) is 2.26. The first-order chi connectivity index (χ1) is 3.93. The Morgan fingerprint density at radius 3 is 2.88 bits per heavy atom. The van der Waals surface area contributed by atoms with E-state index in [1.54, 1.807) is 12.3 Å². The van der Waals surface area contributed by atoms with Gasteiger partial charge in [0.05, 0.1) is 6.07 Å². The van der Waals surface area contributed by atoms with Gasteiger partial charge in [-0.15, -0.1) is 0 Å². The number of rotatable bonds is 0. The van der Waals surface area contributed by atoms with Crippen molar-refractivity contribution in [2.75, 3.05) is 0 Å². The van der Waals surface area contributed by atoms with Crippen molar-refractivity contribution in [1.82, 2.24) is 16.4 Å². The van der Waals surface area contributed by atoms with E-state index in [4.69, 9.17) is 5.26 Å². The summed E-state index contributed by atoms with van der Waals surface area (Å²) in [4.78, 5) is 0. The highest BCUT2D eigenvalue weighted by molar-refractivity contribution is 5.05. The summed E-state index contributed by atoms with van der Waals surface area (Å²) in [7, 11) is 0. The van der Waals surface area contributed by atoms with Crippen molar-refractivity contribution in [1.29, 1.82) is 5.26 Å².